The zero-order chi connectivity index (χ0) is 31.2. The van der Waals surface area contributed by atoms with Gasteiger partial charge in [-0.3, -0.25) is 10.3 Å². The van der Waals surface area contributed by atoms with E-state index in [1.165, 1.54) is 19.3 Å². The normalized spacial score (nSPS) is 13.3. The zero-order valence-corrected chi connectivity index (χ0v) is 27.0. The Morgan fingerprint density at radius 1 is 0.975 bits per heavy atom. The zero-order valence-electron chi connectivity index (χ0n) is 27.0. The van der Waals surface area contributed by atoms with Gasteiger partial charge in [-0.25, -0.2) is 4.99 Å². The number of aliphatic hydroxyl groups excluding tert-OH is 3. The molecular weight excluding hydrogens is 500 g/mol. The van der Waals surface area contributed by atoms with Crippen LogP contribution < -0.4 is 5.32 Å². The number of nitrogens with one attached hydrogen (secondary N) is 1. The van der Waals surface area contributed by atoms with Crippen LogP contribution in [0.5, 0.6) is 0 Å². The monoisotopic (exact) mass is 562 g/mol. The maximum atomic E-state index is 10.5. The van der Waals surface area contributed by atoms with Gasteiger partial charge in [0.2, 0.25) is 0 Å². The summed E-state index contributed by atoms with van der Waals surface area (Å²) in [6, 6.07) is 0. The summed E-state index contributed by atoms with van der Waals surface area (Å²) < 4.78 is 0. The number of hydrogen-bond acceptors (Lipinski definition) is 7. The largest absolute Gasteiger partial charge is 0.400 e. The van der Waals surface area contributed by atoms with Crippen LogP contribution in [0.25, 0.3) is 0 Å². The first-order chi connectivity index (χ1) is 19.4. The molecule has 0 aliphatic heterocycles. The van der Waals surface area contributed by atoms with Crippen LogP contribution in [0.3, 0.4) is 0 Å². The average molecular weight is 563 g/mol. The van der Waals surface area contributed by atoms with Crippen LogP contribution in [-0.4, -0.2) is 72.2 Å². The molecule has 40 heavy (non-hydrogen) atoms. The molecule has 0 amide bonds. The summed E-state index contributed by atoms with van der Waals surface area (Å²) in [5, 5.41) is 30.1. The molecule has 0 aromatic heterocycles. The Balaban J connectivity index is -0.00000326. The molecule has 0 saturated heterocycles. The Labute approximate surface area is 246 Å². The summed E-state index contributed by atoms with van der Waals surface area (Å²) in [6.45, 7) is 24.6. The molecule has 0 spiro atoms. The minimum atomic E-state index is -0.761. The van der Waals surface area contributed by atoms with E-state index in [0.717, 1.165) is 68.5 Å². The van der Waals surface area contributed by atoms with E-state index >= 15 is 0 Å². The second-order valence-corrected chi connectivity index (χ2v) is 8.82. The molecule has 0 radical (unpaired) electrons. The fraction of sp³-hybridized carbons (Fsp3) is 0.636. The number of unbranched alkanes of at least 4 members (excludes halogenated alkanes) is 3. The van der Waals surface area contributed by atoms with E-state index < -0.39 is 6.23 Å². The fourth-order valence-electron chi connectivity index (χ4n) is 3.70. The first kappa shape index (κ1) is 42.2. The van der Waals surface area contributed by atoms with Gasteiger partial charge < -0.3 is 20.2 Å². The number of hydrogen-bond donors (Lipinski definition) is 4. The number of aliphatic hydroxyl groups is 3. The first-order valence-corrected chi connectivity index (χ1v) is 15.1. The van der Waals surface area contributed by atoms with Gasteiger partial charge in [-0.1, -0.05) is 91.7 Å². The maximum Gasteiger partial charge on any atom is 0.143 e. The Hall–Kier alpha value is -2.32. The molecule has 0 fully saturated rings. The molecule has 0 bridgehead atoms. The average Bonchev–Trinajstić information content (AvgIpc) is 2.97. The lowest BCUT2D eigenvalue weighted by Crippen LogP contribution is -2.35. The van der Waals surface area contributed by atoms with Crippen molar-refractivity contribution >= 4 is 12.4 Å². The lowest BCUT2D eigenvalue weighted by atomic mass is 9.99. The van der Waals surface area contributed by atoms with Crippen molar-refractivity contribution in [3.05, 3.63) is 59.6 Å². The quantitative estimate of drug-likeness (QED) is 0.0525. The molecule has 0 aromatic carbocycles. The van der Waals surface area contributed by atoms with Crippen molar-refractivity contribution in [2.24, 2.45) is 9.98 Å². The molecule has 7 heteroatoms. The Morgan fingerprint density at radius 3 is 2.15 bits per heavy atom. The first-order valence-electron chi connectivity index (χ1n) is 15.1. The van der Waals surface area contributed by atoms with Crippen LogP contribution in [0, 0.1) is 0 Å². The lowest BCUT2D eigenvalue weighted by molar-refractivity contribution is 0.201. The number of aliphatic imine (C=N–C) groups is 2. The van der Waals surface area contributed by atoms with Crippen molar-refractivity contribution in [3.63, 3.8) is 0 Å². The maximum absolute atomic E-state index is 10.5. The van der Waals surface area contributed by atoms with Gasteiger partial charge in [0.1, 0.15) is 12.0 Å². The molecule has 1 unspecified atom stereocenters. The highest BCUT2D eigenvalue weighted by molar-refractivity contribution is 5.87. The summed E-state index contributed by atoms with van der Waals surface area (Å²) >= 11 is 0. The number of rotatable bonds is 21. The molecule has 0 aliphatic rings. The molecule has 0 saturated carbocycles. The summed E-state index contributed by atoms with van der Waals surface area (Å²) in [7, 11) is 1.00. The summed E-state index contributed by atoms with van der Waals surface area (Å²) in [6.07, 6.45) is 17.4. The van der Waals surface area contributed by atoms with Gasteiger partial charge in [0.05, 0.1) is 18.0 Å². The van der Waals surface area contributed by atoms with E-state index in [1.54, 1.807) is 0 Å². The third-order valence-corrected chi connectivity index (χ3v) is 5.62. The van der Waals surface area contributed by atoms with Gasteiger partial charge in [0.15, 0.2) is 0 Å². The predicted octanol–water partition coefficient (Wildman–Crippen LogP) is 6.95. The van der Waals surface area contributed by atoms with Gasteiger partial charge in [-0.2, -0.15) is 0 Å². The molecule has 7 nitrogen and oxygen atoms in total. The van der Waals surface area contributed by atoms with Crippen LogP contribution in [0.1, 0.15) is 99.8 Å². The van der Waals surface area contributed by atoms with E-state index in [1.807, 2.05) is 43.9 Å². The molecule has 0 aliphatic carbocycles. The molecule has 0 heterocycles. The number of nitrogens with zero attached hydrogens (tertiary/aromatic N) is 3. The van der Waals surface area contributed by atoms with Crippen LogP contribution in [0.4, 0.5) is 0 Å². The van der Waals surface area contributed by atoms with Gasteiger partial charge in [-0.05, 0) is 69.5 Å². The van der Waals surface area contributed by atoms with E-state index in [9.17, 15) is 10.2 Å². The van der Waals surface area contributed by atoms with Crippen LogP contribution >= 0.6 is 0 Å². The van der Waals surface area contributed by atoms with E-state index in [2.05, 4.69) is 63.5 Å². The summed E-state index contributed by atoms with van der Waals surface area (Å²) in [4.78, 5) is 11.0. The van der Waals surface area contributed by atoms with E-state index in [4.69, 9.17) is 10.1 Å². The standard InChI is InChI=1S/C30H52N4O2.C2H6.CH4O/c1-8-12-13-16-21-32-30(36)26(6)33-28(18-10-3)27(17-9-2)25(5)19-14-15-20-29(31-7)34(22-11-4)23-24-35;2*1-2/h14-15,17-18,20,30,32,35-36H,5,7-13,16,19,21-24H2,1-4,6H3;1-2H3;2H,1H3/b15-14+,27-17-,28-18+,29-20+,33-26?;;. The minimum absolute atomic E-state index is 0.0775. The van der Waals surface area contributed by atoms with Gasteiger partial charge in [-0.15, -0.1) is 0 Å². The molecule has 4 N–H and O–H groups in total. The molecular formula is C33H62N4O3. The van der Waals surface area contributed by atoms with Crippen molar-refractivity contribution in [1.82, 2.24) is 10.2 Å². The Bertz CT molecular complexity index is 777. The van der Waals surface area contributed by atoms with Gasteiger partial charge in [0, 0.05) is 20.2 Å². The Morgan fingerprint density at radius 2 is 1.62 bits per heavy atom. The fourth-order valence-corrected chi connectivity index (χ4v) is 3.70. The number of allylic oxidation sites excluding steroid dienone is 6. The highest BCUT2D eigenvalue weighted by atomic mass is 16.3. The minimum Gasteiger partial charge on any atom is -0.400 e. The second-order valence-electron chi connectivity index (χ2n) is 8.82. The highest BCUT2D eigenvalue weighted by Gasteiger charge is 2.12. The second kappa shape index (κ2) is 31.2. The molecule has 0 aromatic rings. The smallest absolute Gasteiger partial charge is 0.143 e. The molecule has 232 valence electrons. The topological polar surface area (TPSA) is 101 Å². The van der Waals surface area contributed by atoms with Crippen molar-refractivity contribution < 1.29 is 15.3 Å². The third kappa shape index (κ3) is 20.6. The highest BCUT2D eigenvalue weighted by Crippen LogP contribution is 2.24. The summed E-state index contributed by atoms with van der Waals surface area (Å²) in [5.74, 6) is 0.750. The predicted molar refractivity (Wildman–Crippen MR) is 177 cm³/mol. The van der Waals surface area contributed by atoms with Crippen LogP contribution in [-0.2, 0) is 0 Å². The van der Waals surface area contributed by atoms with Crippen molar-refractivity contribution in [2.45, 2.75) is 106 Å². The SMILES string of the molecule is C=N/C(=C\C=C\CC(=C)C(=C/CC)/C(=C\CC)N=C(C)C(O)NCCCCCC)N(CCC)CCO.CC.CO. The van der Waals surface area contributed by atoms with Gasteiger partial charge >= 0.3 is 0 Å². The van der Waals surface area contributed by atoms with Crippen molar-refractivity contribution in [1.29, 1.82) is 0 Å². The molecule has 1 atom stereocenters. The third-order valence-electron chi connectivity index (χ3n) is 5.62. The summed E-state index contributed by atoms with van der Waals surface area (Å²) in [5.41, 5.74) is 3.48. The van der Waals surface area contributed by atoms with Crippen LogP contribution in [0.15, 0.2) is 69.6 Å². The van der Waals surface area contributed by atoms with Crippen LogP contribution in [0.2, 0.25) is 0 Å². The van der Waals surface area contributed by atoms with E-state index in [0.29, 0.717) is 18.7 Å². The molecule has 0 rings (SSSR count). The van der Waals surface area contributed by atoms with E-state index in [-0.39, 0.29) is 6.61 Å². The van der Waals surface area contributed by atoms with Gasteiger partial charge in [0.25, 0.3) is 0 Å². The Kier molecular flexibility index (Phi) is 32.9. The van der Waals surface area contributed by atoms with Crippen molar-refractivity contribution in [3.8, 4) is 0 Å². The lowest BCUT2D eigenvalue weighted by Gasteiger charge is -2.22. The van der Waals surface area contributed by atoms with Crippen molar-refractivity contribution in [2.75, 3.05) is 33.4 Å².